The number of carbonyl (C=O) groups is 1. The van der Waals surface area contributed by atoms with Crippen LogP contribution in [-0.4, -0.2) is 50.5 Å². The Morgan fingerprint density at radius 1 is 1.12 bits per heavy atom. The summed E-state index contributed by atoms with van der Waals surface area (Å²) in [5, 5.41) is 11.2. The van der Waals surface area contributed by atoms with Gasteiger partial charge in [0.2, 0.25) is 10.0 Å². The minimum Gasteiger partial charge on any atom is -0.490 e. The molecule has 0 saturated heterocycles. The van der Waals surface area contributed by atoms with Gasteiger partial charge >= 0.3 is 0 Å². The highest BCUT2D eigenvalue weighted by Crippen LogP contribution is 2.47. The lowest BCUT2D eigenvalue weighted by molar-refractivity contribution is 0.00909. The largest absolute Gasteiger partial charge is 0.490 e. The lowest BCUT2D eigenvalue weighted by Crippen LogP contribution is -2.48. The van der Waals surface area contributed by atoms with E-state index >= 15 is 0 Å². The van der Waals surface area contributed by atoms with Crippen molar-refractivity contribution in [1.82, 2.24) is 4.72 Å². The van der Waals surface area contributed by atoms with Crippen molar-refractivity contribution in [1.29, 1.82) is 0 Å². The number of nitrogens with one attached hydrogen (secondary N) is 1. The van der Waals surface area contributed by atoms with E-state index in [1.54, 1.807) is 18.2 Å². The van der Waals surface area contributed by atoms with Crippen LogP contribution in [0.5, 0.6) is 5.75 Å². The zero-order valence-corrected chi connectivity index (χ0v) is 24.6. The van der Waals surface area contributed by atoms with Gasteiger partial charge in [-0.05, 0) is 98.2 Å². The molecule has 1 fully saturated rings. The molecule has 0 aromatic heterocycles. The second-order valence-electron chi connectivity index (χ2n) is 12.3. The van der Waals surface area contributed by atoms with E-state index in [1.165, 1.54) is 11.1 Å². The molecule has 1 amide bonds. The quantitative estimate of drug-likeness (QED) is 0.475. The van der Waals surface area contributed by atoms with Crippen LogP contribution < -0.4 is 14.4 Å². The maximum absolute atomic E-state index is 13.3. The molecule has 4 aliphatic rings. The third kappa shape index (κ3) is 5.12. The van der Waals surface area contributed by atoms with Crippen LogP contribution in [0.1, 0.15) is 79.8 Å². The third-order valence-electron chi connectivity index (χ3n) is 9.90. The standard InChI is InChI=1S/C31H39ClN2O5S/c1-2-24-5-3-4-6-28(35)25-10-7-22(25)17-34-18-31(14-13-20-15-23(32)9-11-26(20)31)19-39-29-12-8-21(16-27(29)34)30(36)33-40(24,37)38/h8-9,11-12,15-16,22,24-25,28,35H,2-7,10,13-14,17-19H2,1H3,(H,33,36)/t22-,24-,25+,28?,31-/m0/s1. The molecule has 2 N–H and O–H groups in total. The molecule has 2 bridgehead atoms. The van der Waals surface area contributed by atoms with Gasteiger partial charge in [0.15, 0.2) is 0 Å². The Bertz CT molecular complexity index is 1400. The first kappa shape index (κ1) is 27.9. The van der Waals surface area contributed by atoms with E-state index in [0.29, 0.717) is 49.5 Å². The van der Waals surface area contributed by atoms with Gasteiger partial charge in [-0.25, -0.2) is 13.1 Å². The van der Waals surface area contributed by atoms with Gasteiger partial charge in [0, 0.05) is 29.1 Å². The zero-order valence-electron chi connectivity index (χ0n) is 23.1. The molecule has 2 aliphatic carbocycles. The molecular weight excluding hydrogens is 548 g/mol. The molecule has 2 heterocycles. The maximum Gasteiger partial charge on any atom is 0.264 e. The average Bonchev–Trinajstić information content (AvgIpc) is 3.16. The van der Waals surface area contributed by atoms with E-state index in [4.69, 9.17) is 16.3 Å². The fourth-order valence-corrected chi connectivity index (χ4v) is 9.07. The first-order chi connectivity index (χ1) is 19.2. The summed E-state index contributed by atoms with van der Waals surface area (Å²) >= 11 is 6.33. The molecule has 5 atom stereocenters. The van der Waals surface area contributed by atoms with Gasteiger partial charge in [-0.15, -0.1) is 0 Å². The fraction of sp³-hybridized carbons (Fsp3) is 0.581. The van der Waals surface area contributed by atoms with Crippen LogP contribution >= 0.6 is 11.6 Å². The molecule has 9 heteroatoms. The van der Waals surface area contributed by atoms with Crippen molar-refractivity contribution in [3.63, 3.8) is 0 Å². The maximum atomic E-state index is 13.3. The number of halogens is 1. The zero-order chi connectivity index (χ0) is 28.1. The first-order valence-electron chi connectivity index (χ1n) is 14.7. The number of hydrogen-bond acceptors (Lipinski definition) is 6. The van der Waals surface area contributed by atoms with Crippen molar-refractivity contribution < 1.29 is 23.1 Å². The number of aliphatic hydroxyl groups is 1. The summed E-state index contributed by atoms with van der Waals surface area (Å²) in [5.41, 5.74) is 3.40. The van der Waals surface area contributed by atoms with Gasteiger partial charge in [-0.3, -0.25) is 4.79 Å². The SMILES string of the molecule is CC[C@H]1CCCCC(O)[C@@H]2CC[C@H]2CN2C[C@@]3(CCc4cc(Cl)ccc43)COc3ccc(cc32)C(=O)NS1(=O)=O. The van der Waals surface area contributed by atoms with Crippen LogP contribution in [0.2, 0.25) is 5.02 Å². The van der Waals surface area contributed by atoms with E-state index in [-0.39, 0.29) is 17.4 Å². The van der Waals surface area contributed by atoms with Crippen LogP contribution in [0.4, 0.5) is 5.69 Å². The number of sulfonamides is 1. The van der Waals surface area contributed by atoms with Crippen LogP contribution in [0.3, 0.4) is 0 Å². The smallest absolute Gasteiger partial charge is 0.264 e. The topological polar surface area (TPSA) is 95.9 Å². The normalized spacial score (nSPS) is 31.8. The predicted octanol–water partition coefficient (Wildman–Crippen LogP) is 5.22. The van der Waals surface area contributed by atoms with E-state index in [2.05, 4.69) is 21.8 Å². The highest BCUT2D eigenvalue weighted by Gasteiger charge is 2.45. The number of benzene rings is 2. The number of aliphatic hydroxyl groups excluding tert-OH is 1. The number of anilines is 1. The number of hydrogen-bond donors (Lipinski definition) is 2. The van der Waals surface area contributed by atoms with Gasteiger partial charge < -0.3 is 14.7 Å². The van der Waals surface area contributed by atoms with E-state index < -0.39 is 21.2 Å². The monoisotopic (exact) mass is 586 g/mol. The predicted molar refractivity (Wildman–Crippen MR) is 157 cm³/mol. The summed E-state index contributed by atoms with van der Waals surface area (Å²) in [6.07, 6.45) is 6.59. The Kier molecular flexibility index (Phi) is 7.55. The Hall–Kier alpha value is -2.29. The van der Waals surface area contributed by atoms with Gasteiger partial charge in [-0.1, -0.05) is 37.4 Å². The number of nitrogens with zero attached hydrogens (tertiary/aromatic N) is 1. The minimum absolute atomic E-state index is 0.224. The Morgan fingerprint density at radius 2 is 1.95 bits per heavy atom. The van der Waals surface area contributed by atoms with Gasteiger partial charge in [0.05, 0.1) is 23.6 Å². The third-order valence-corrected chi connectivity index (χ3v) is 12.1. The van der Waals surface area contributed by atoms with Crippen LogP contribution in [0.25, 0.3) is 0 Å². The molecular formula is C31H39ClN2O5S. The first-order valence-corrected chi connectivity index (χ1v) is 16.7. The molecule has 2 aromatic carbocycles. The van der Waals surface area contributed by atoms with Crippen molar-refractivity contribution in [2.75, 3.05) is 24.6 Å². The minimum atomic E-state index is -3.84. The number of aryl methyl sites for hydroxylation is 1. The van der Waals surface area contributed by atoms with Gasteiger partial charge in [0.25, 0.3) is 5.91 Å². The Balaban J connectivity index is 1.39. The lowest BCUT2D eigenvalue weighted by atomic mass is 9.69. The highest BCUT2D eigenvalue weighted by atomic mass is 35.5. The van der Waals surface area contributed by atoms with Crippen molar-refractivity contribution >= 4 is 33.2 Å². The Morgan fingerprint density at radius 3 is 2.73 bits per heavy atom. The molecule has 0 radical (unpaired) electrons. The number of rotatable bonds is 1. The average molecular weight is 587 g/mol. The summed E-state index contributed by atoms with van der Waals surface area (Å²) < 4.78 is 35.1. The summed E-state index contributed by atoms with van der Waals surface area (Å²) in [6.45, 7) is 3.82. The molecule has 1 spiro atoms. The molecule has 6 rings (SSSR count). The van der Waals surface area contributed by atoms with Crippen molar-refractivity contribution in [3.05, 3.63) is 58.1 Å². The van der Waals surface area contributed by atoms with Gasteiger partial charge in [-0.2, -0.15) is 0 Å². The molecule has 1 unspecified atom stereocenters. The Labute approximate surface area is 242 Å². The number of ether oxygens (including phenoxy) is 1. The highest BCUT2D eigenvalue weighted by molar-refractivity contribution is 7.90. The van der Waals surface area contributed by atoms with E-state index in [1.807, 2.05) is 13.0 Å². The van der Waals surface area contributed by atoms with Crippen LogP contribution in [-0.2, 0) is 21.9 Å². The molecule has 7 nitrogen and oxygen atoms in total. The molecule has 40 heavy (non-hydrogen) atoms. The van der Waals surface area contributed by atoms with Gasteiger partial charge in [0.1, 0.15) is 5.75 Å². The number of carbonyl (C=O) groups excluding carboxylic acids is 1. The summed E-state index contributed by atoms with van der Waals surface area (Å²) in [4.78, 5) is 15.6. The fourth-order valence-electron chi connectivity index (χ4n) is 7.41. The summed E-state index contributed by atoms with van der Waals surface area (Å²) in [5.74, 6) is 0.661. The second-order valence-corrected chi connectivity index (χ2v) is 14.7. The van der Waals surface area contributed by atoms with Crippen molar-refractivity contribution in [3.8, 4) is 5.75 Å². The van der Waals surface area contributed by atoms with E-state index in [0.717, 1.165) is 55.9 Å². The second kappa shape index (κ2) is 10.8. The van der Waals surface area contributed by atoms with Crippen molar-refractivity contribution in [2.24, 2.45) is 11.8 Å². The molecule has 1 saturated carbocycles. The molecule has 2 aromatic rings. The number of fused-ring (bicyclic) bond motifs is 4. The number of amides is 1. The lowest BCUT2D eigenvalue weighted by Gasteiger charge is -2.44. The van der Waals surface area contributed by atoms with Crippen molar-refractivity contribution in [2.45, 2.75) is 81.5 Å². The van der Waals surface area contributed by atoms with E-state index in [9.17, 15) is 18.3 Å². The molecule has 216 valence electrons. The summed E-state index contributed by atoms with van der Waals surface area (Å²) in [7, 11) is -3.84. The van der Waals surface area contributed by atoms with Crippen LogP contribution in [0, 0.1) is 11.8 Å². The molecule has 2 aliphatic heterocycles. The van der Waals surface area contributed by atoms with Crippen LogP contribution in [0.15, 0.2) is 36.4 Å². The summed E-state index contributed by atoms with van der Waals surface area (Å²) in [6, 6.07) is 11.4.